The number of piperidine rings is 1. The highest BCUT2D eigenvalue weighted by molar-refractivity contribution is 5.99. The molecule has 0 bridgehead atoms. The lowest BCUT2D eigenvalue weighted by Crippen LogP contribution is -2.55. The number of carbonyl (C=O) groups excluding carboxylic acids is 1. The zero-order chi connectivity index (χ0) is 20.0. The summed E-state index contributed by atoms with van der Waals surface area (Å²) < 4.78 is 36.5. The van der Waals surface area contributed by atoms with Crippen LogP contribution in [0, 0.1) is 0 Å². The largest absolute Gasteiger partial charge is 0.466 e. The number of ether oxygens (including phenoxy) is 1. The number of amides is 1. The highest BCUT2D eigenvalue weighted by atomic mass is 19.3. The van der Waals surface area contributed by atoms with Crippen LogP contribution in [0.1, 0.15) is 34.5 Å². The maximum atomic E-state index is 14.6. The fourth-order valence-corrected chi connectivity index (χ4v) is 4.08. The Bertz CT molecular complexity index is 1080. The number of imidazole rings is 1. The minimum absolute atomic E-state index is 0.0366. The number of hydrogen-bond acceptors (Lipinski definition) is 4. The molecule has 0 N–H and O–H groups in total. The number of alkyl halides is 2. The van der Waals surface area contributed by atoms with E-state index in [9.17, 15) is 13.6 Å². The zero-order valence-corrected chi connectivity index (χ0v) is 15.7. The van der Waals surface area contributed by atoms with Crippen molar-refractivity contribution >= 4 is 11.6 Å². The maximum Gasteiger partial charge on any atom is 0.287 e. The van der Waals surface area contributed by atoms with Crippen LogP contribution in [-0.2, 0) is 12.8 Å². The van der Waals surface area contributed by atoms with Gasteiger partial charge in [-0.3, -0.25) is 4.79 Å². The van der Waals surface area contributed by atoms with Gasteiger partial charge in [-0.25, -0.2) is 18.7 Å². The molecule has 1 amide bonds. The first-order valence-electron chi connectivity index (χ1n) is 9.75. The molecule has 29 heavy (non-hydrogen) atoms. The molecule has 1 aliphatic carbocycles. The highest BCUT2D eigenvalue weighted by Crippen LogP contribution is 2.33. The first kappa shape index (κ1) is 18.0. The third-order valence-corrected chi connectivity index (χ3v) is 5.67. The number of hydrogen-bond donors (Lipinski definition) is 0. The number of aromatic nitrogens is 3. The average Bonchev–Trinajstić information content (AvgIpc) is 3.37. The third kappa shape index (κ3) is 3.22. The standard InChI is InChI=1S/C21H20F2N4O2/c22-21(23)8-11-27(20(28)15-4-2-10-26-12-9-24-19(15)26)13-17(21)29-18-7-6-14-3-1-5-16(14)25-18/h2,4,6-7,9-10,12,17H,1,3,5,8,11,13H2. The summed E-state index contributed by atoms with van der Waals surface area (Å²) in [4.78, 5) is 23.1. The molecule has 1 fully saturated rings. The van der Waals surface area contributed by atoms with Gasteiger partial charge in [-0.05, 0) is 37.0 Å². The van der Waals surface area contributed by atoms with Gasteiger partial charge < -0.3 is 14.0 Å². The molecule has 3 aromatic heterocycles. The van der Waals surface area contributed by atoms with E-state index in [1.165, 1.54) is 4.90 Å². The first-order valence-corrected chi connectivity index (χ1v) is 9.75. The average molecular weight is 398 g/mol. The van der Waals surface area contributed by atoms with Crippen LogP contribution in [0.3, 0.4) is 0 Å². The van der Waals surface area contributed by atoms with E-state index >= 15 is 0 Å². The van der Waals surface area contributed by atoms with Gasteiger partial charge in [0.25, 0.3) is 11.8 Å². The van der Waals surface area contributed by atoms with Crippen molar-refractivity contribution in [3.8, 4) is 5.88 Å². The topological polar surface area (TPSA) is 59.7 Å². The molecule has 0 radical (unpaired) electrons. The van der Waals surface area contributed by atoms with Crippen molar-refractivity contribution in [2.45, 2.75) is 37.7 Å². The van der Waals surface area contributed by atoms with Gasteiger partial charge in [0.1, 0.15) is 5.65 Å². The predicted molar refractivity (Wildman–Crippen MR) is 101 cm³/mol. The molecule has 1 unspecified atom stereocenters. The lowest BCUT2D eigenvalue weighted by molar-refractivity contribution is -0.131. The van der Waals surface area contributed by atoms with Crippen LogP contribution in [-0.4, -0.2) is 50.3 Å². The van der Waals surface area contributed by atoms with Crippen LogP contribution >= 0.6 is 0 Å². The molecule has 3 aromatic rings. The van der Waals surface area contributed by atoms with Crippen molar-refractivity contribution in [3.05, 3.63) is 59.7 Å². The summed E-state index contributed by atoms with van der Waals surface area (Å²) in [6, 6.07) is 6.94. The molecule has 1 aliphatic heterocycles. The number of aryl methyl sites for hydroxylation is 2. The molecule has 150 valence electrons. The Morgan fingerprint density at radius 1 is 1.21 bits per heavy atom. The van der Waals surface area contributed by atoms with Crippen molar-refractivity contribution < 1.29 is 18.3 Å². The Morgan fingerprint density at radius 3 is 3.00 bits per heavy atom. The fourth-order valence-electron chi connectivity index (χ4n) is 4.08. The molecular weight excluding hydrogens is 378 g/mol. The first-order chi connectivity index (χ1) is 14.0. The van der Waals surface area contributed by atoms with Gasteiger partial charge in [-0.1, -0.05) is 6.07 Å². The summed E-state index contributed by atoms with van der Waals surface area (Å²) in [6.07, 6.45) is 6.06. The summed E-state index contributed by atoms with van der Waals surface area (Å²) in [5.74, 6) is -3.16. The fraction of sp³-hybridized carbons (Fsp3) is 0.381. The van der Waals surface area contributed by atoms with Crippen molar-refractivity contribution in [1.82, 2.24) is 19.3 Å². The van der Waals surface area contributed by atoms with E-state index < -0.39 is 18.4 Å². The Morgan fingerprint density at radius 2 is 2.10 bits per heavy atom. The third-order valence-electron chi connectivity index (χ3n) is 5.67. The van der Waals surface area contributed by atoms with Gasteiger partial charge in [0.2, 0.25) is 5.88 Å². The van der Waals surface area contributed by atoms with Crippen LogP contribution < -0.4 is 4.74 Å². The number of pyridine rings is 2. The number of likely N-dealkylation sites (tertiary alicyclic amines) is 1. The van der Waals surface area contributed by atoms with E-state index in [4.69, 9.17) is 4.74 Å². The van der Waals surface area contributed by atoms with E-state index in [1.54, 1.807) is 41.2 Å². The second-order valence-corrected chi connectivity index (χ2v) is 7.56. The number of fused-ring (bicyclic) bond motifs is 2. The Hall–Kier alpha value is -3.03. The molecule has 1 atom stereocenters. The van der Waals surface area contributed by atoms with Crippen LogP contribution in [0.15, 0.2) is 42.9 Å². The van der Waals surface area contributed by atoms with Crippen molar-refractivity contribution in [3.63, 3.8) is 0 Å². The molecule has 2 aliphatic rings. The molecular formula is C21H20F2N4O2. The summed E-state index contributed by atoms with van der Waals surface area (Å²) in [6.45, 7) is -0.239. The minimum atomic E-state index is -3.03. The quantitative estimate of drug-likeness (QED) is 0.680. The Kier molecular flexibility index (Phi) is 4.22. The van der Waals surface area contributed by atoms with E-state index in [0.29, 0.717) is 11.2 Å². The maximum absolute atomic E-state index is 14.6. The summed E-state index contributed by atoms with van der Waals surface area (Å²) in [5.41, 5.74) is 2.96. The Labute approximate surface area is 166 Å². The number of halogens is 2. The van der Waals surface area contributed by atoms with Gasteiger partial charge in [0.05, 0.1) is 12.1 Å². The molecule has 5 rings (SSSR count). The molecule has 8 heteroatoms. The zero-order valence-electron chi connectivity index (χ0n) is 15.7. The van der Waals surface area contributed by atoms with E-state index in [1.807, 2.05) is 6.07 Å². The van der Waals surface area contributed by atoms with Gasteiger partial charge in [0, 0.05) is 43.3 Å². The molecule has 6 nitrogen and oxygen atoms in total. The molecule has 4 heterocycles. The monoisotopic (exact) mass is 398 g/mol. The highest BCUT2D eigenvalue weighted by Gasteiger charge is 2.47. The lowest BCUT2D eigenvalue weighted by atomic mass is 10.0. The predicted octanol–water partition coefficient (Wildman–Crippen LogP) is 3.15. The second-order valence-electron chi connectivity index (χ2n) is 7.56. The molecule has 0 saturated carbocycles. The summed E-state index contributed by atoms with van der Waals surface area (Å²) in [7, 11) is 0. The van der Waals surface area contributed by atoms with Crippen molar-refractivity contribution in [2.75, 3.05) is 13.1 Å². The lowest BCUT2D eigenvalue weighted by Gasteiger charge is -2.38. The van der Waals surface area contributed by atoms with Crippen LogP contribution in [0.5, 0.6) is 5.88 Å². The number of nitrogens with zero attached hydrogens (tertiary/aromatic N) is 4. The second kappa shape index (κ2) is 6.79. The van der Waals surface area contributed by atoms with Crippen LogP contribution in [0.4, 0.5) is 8.78 Å². The minimum Gasteiger partial charge on any atom is -0.466 e. The van der Waals surface area contributed by atoms with Gasteiger partial charge >= 0.3 is 0 Å². The molecule has 0 aromatic carbocycles. The van der Waals surface area contributed by atoms with Crippen LogP contribution in [0.25, 0.3) is 5.65 Å². The van der Waals surface area contributed by atoms with E-state index in [2.05, 4.69) is 9.97 Å². The van der Waals surface area contributed by atoms with Crippen molar-refractivity contribution in [2.24, 2.45) is 0 Å². The smallest absolute Gasteiger partial charge is 0.287 e. The normalized spacial score (nSPS) is 20.6. The molecule has 0 spiro atoms. The van der Waals surface area contributed by atoms with E-state index in [0.717, 1.165) is 30.5 Å². The van der Waals surface area contributed by atoms with Gasteiger partial charge in [0.15, 0.2) is 6.10 Å². The number of carbonyl (C=O) groups is 1. The summed E-state index contributed by atoms with van der Waals surface area (Å²) >= 11 is 0. The summed E-state index contributed by atoms with van der Waals surface area (Å²) in [5, 5.41) is 0. The molecule has 1 saturated heterocycles. The van der Waals surface area contributed by atoms with Gasteiger partial charge in [-0.2, -0.15) is 0 Å². The van der Waals surface area contributed by atoms with Crippen molar-refractivity contribution in [1.29, 1.82) is 0 Å². The Balaban J connectivity index is 1.38. The van der Waals surface area contributed by atoms with Gasteiger partial charge in [-0.15, -0.1) is 0 Å². The number of rotatable bonds is 3. The van der Waals surface area contributed by atoms with Crippen LogP contribution in [0.2, 0.25) is 0 Å². The SMILES string of the molecule is O=C(c1cccn2ccnc12)N1CCC(F)(F)C(Oc2ccc3c(n2)CCC3)C1. The van der Waals surface area contributed by atoms with E-state index in [-0.39, 0.29) is 24.9 Å².